The van der Waals surface area contributed by atoms with Gasteiger partial charge in [0.05, 0.1) is 17.3 Å². The Morgan fingerprint density at radius 2 is 2.04 bits per heavy atom. The number of nitrogens with zero attached hydrogens (tertiary/aromatic N) is 2. The first-order valence-corrected chi connectivity index (χ1v) is 8.53. The van der Waals surface area contributed by atoms with Gasteiger partial charge in [-0.05, 0) is 49.6 Å². The SMILES string of the molecule is Cc1cc(Br)cc2ncnc(Nc3ccc(F)cc3OC3CC3)c12. The molecule has 1 aromatic heterocycles. The van der Waals surface area contributed by atoms with Crippen LogP contribution in [0.15, 0.2) is 41.1 Å². The molecule has 1 saturated carbocycles. The zero-order valence-electron chi connectivity index (χ0n) is 13.0. The number of hydrogen-bond donors (Lipinski definition) is 1. The molecule has 1 aliphatic carbocycles. The number of anilines is 2. The average Bonchev–Trinajstić information content (AvgIpc) is 3.33. The van der Waals surface area contributed by atoms with E-state index in [9.17, 15) is 4.39 Å². The van der Waals surface area contributed by atoms with Crippen LogP contribution in [0.2, 0.25) is 0 Å². The summed E-state index contributed by atoms with van der Waals surface area (Å²) < 4.78 is 20.4. The van der Waals surface area contributed by atoms with Gasteiger partial charge in [0.1, 0.15) is 23.7 Å². The summed E-state index contributed by atoms with van der Waals surface area (Å²) in [6.45, 7) is 2.01. The Morgan fingerprint density at radius 3 is 2.83 bits per heavy atom. The fourth-order valence-electron chi connectivity index (χ4n) is 2.63. The molecule has 1 aliphatic rings. The highest BCUT2D eigenvalue weighted by Gasteiger charge is 2.25. The molecule has 1 N–H and O–H groups in total. The van der Waals surface area contributed by atoms with Gasteiger partial charge >= 0.3 is 0 Å². The fraction of sp³-hybridized carbons (Fsp3) is 0.222. The first-order valence-electron chi connectivity index (χ1n) is 7.74. The second-order valence-corrected chi connectivity index (χ2v) is 6.84. The molecule has 2 aromatic carbocycles. The second-order valence-electron chi connectivity index (χ2n) is 5.92. The molecule has 6 heteroatoms. The van der Waals surface area contributed by atoms with Gasteiger partial charge in [-0.2, -0.15) is 0 Å². The molecule has 0 spiro atoms. The second kappa shape index (κ2) is 6.02. The van der Waals surface area contributed by atoms with Crippen molar-refractivity contribution in [3.8, 4) is 5.75 Å². The lowest BCUT2D eigenvalue weighted by molar-refractivity contribution is 0.303. The summed E-state index contributed by atoms with van der Waals surface area (Å²) in [5.74, 6) is 0.875. The van der Waals surface area contributed by atoms with Crippen LogP contribution in [-0.4, -0.2) is 16.1 Å². The normalized spacial score (nSPS) is 14.0. The molecule has 122 valence electrons. The molecule has 1 heterocycles. The molecule has 1 fully saturated rings. The maximum absolute atomic E-state index is 13.6. The van der Waals surface area contributed by atoms with E-state index < -0.39 is 0 Å². The van der Waals surface area contributed by atoms with Crippen molar-refractivity contribution >= 4 is 38.3 Å². The molecule has 0 amide bonds. The highest BCUT2D eigenvalue weighted by atomic mass is 79.9. The van der Waals surface area contributed by atoms with Crippen LogP contribution in [-0.2, 0) is 0 Å². The van der Waals surface area contributed by atoms with Gasteiger partial charge in [0.15, 0.2) is 0 Å². The molecule has 0 radical (unpaired) electrons. The number of nitrogens with one attached hydrogen (secondary N) is 1. The number of ether oxygens (including phenoxy) is 1. The van der Waals surface area contributed by atoms with Gasteiger partial charge in [0.2, 0.25) is 0 Å². The van der Waals surface area contributed by atoms with Crippen LogP contribution < -0.4 is 10.1 Å². The average molecular weight is 388 g/mol. The van der Waals surface area contributed by atoms with Crippen molar-refractivity contribution in [2.45, 2.75) is 25.9 Å². The van der Waals surface area contributed by atoms with Gasteiger partial charge < -0.3 is 10.1 Å². The van der Waals surface area contributed by atoms with E-state index in [-0.39, 0.29) is 11.9 Å². The highest BCUT2D eigenvalue weighted by molar-refractivity contribution is 9.10. The molecule has 3 aromatic rings. The Morgan fingerprint density at radius 1 is 1.21 bits per heavy atom. The Bertz CT molecular complexity index is 928. The molecule has 0 unspecified atom stereocenters. The van der Waals surface area contributed by atoms with E-state index in [2.05, 4.69) is 31.2 Å². The lowest BCUT2D eigenvalue weighted by atomic mass is 10.1. The quantitative estimate of drug-likeness (QED) is 0.674. The lowest BCUT2D eigenvalue weighted by Crippen LogP contribution is -2.03. The summed E-state index contributed by atoms with van der Waals surface area (Å²) in [5.41, 5.74) is 2.59. The summed E-state index contributed by atoms with van der Waals surface area (Å²) in [7, 11) is 0. The van der Waals surface area contributed by atoms with Crippen LogP contribution in [0.5, 0.6) is 5.75 Å². The molecular weight excluding hydrogens is 373 g/mol. The minimum Gasteiger partial charge on any atom is -0.488 e. The largest absolute Gasteiger partial charge is 0.488 e. The van der Waals surface area contributed by atoms with Gasteiger partial charge in [-0.15, -0.1) is 0 Å². The van der Waals surface area contributed by atoms with Gasteiger partial charge in [0, 0.05) is 15.9 Å². The lowest BCUT2D eigenvalue weighted by Gasteiger charge is -2.14. The Hall–Kier alpha value is -2.21. The third-order valence-electron chi connectivity index (χ3n) is 3.91. The highest BCUT2D eigenvalue weighted by Crippen LogP contribution is 2.36. The third kappa shape index (κ3) is 3.06. The van der Waals surface area contributed by atoms with Crippen LogP contribution in [0, 0.1) is 12.7 Å². The molecule has 0 aliphatic heterocycles. The van der Waals surface area contributed by atoms with Crippen molar-refractivity contribution in [2.75, 3.05) is 5.32 Å². The molecule has 24 heavy (non-hydrogen) atoms. The number of hydrogen-bond acceptors (Lipinski definition) is 4. The Kier molecular flexibility index (Phi) is 3.84. The van der Waals surface area contributed by atoms with Crippen molar-refractivity contribution in [3.05, 3.63) is 52.5 Å². The maximum atomic E-state index is 13.6. The first kappa shape index (κ1) is 15.3. The van der Waals surface area contributed by atoms with E-state index in [0.29, 0.717) is 17.3 Å². The van der Waals surface area contributed by atoms with Crippen molar-refractivity contribution in [1.82, 2.24) is 9.97 Å². The number of aromatic nitrogens is 2. The van der Waals surface area contributed by atoms with Crippen molar-refractivity contribution < 1.29 is 9.13 Å². The molecule has 0 bridgehead atoms. The monoisotopic (exact) mass is 387 g/mol. The zero-order chi connectivity index (χ0) is 16.7. The van der Waals surface area contributed by atoms with E-state index in [1.165, 1.54) is 18.5 Å². The van der Waals surface area contributed by atoms with E-state index >= 15 is 0 Å². The minimum absolute atomic E-state index is 0.187. The topological polar surface area (TPSA) is 47.0 Å². The summed E-state index contributed by atoms with van der Waals surface area (Å²) >= 11 is 3.49. The molecule has 4 rings (SSSR count). The summed E-state index contributed by atoms with van der Waals surface area (Å²) in [4.78, 5) is 8.69. The predicted octanol–water partition coefficient (Wildman–Crippen LogP) is 5.12. The van der Waals surface area contributed by atoms with Crippen molar-refractivity contribution in [1.29, 1.82) is 0 Å². The molecular formula is C18H15BrFN3O. The van der Waals surface area contributed by atoms with Gasteiger partial charge in [0.25, 0.3) is 0 Å². The zero-order valence-corrected chi connectivity index (χ0v) is 14.6. The Balaban J connectivity index is 1.77. The van der Waals surface area contributed by atoms with Crippen LogP contribution in [0.25, 0.3) is 10.9 Å². The van der Waals surface area contributed by atoms with E-state index in [4.69, 9.17) is 4.74 Å². The van der Waals surface area contributed by atoms with Gasteiger partial charge in [-0.1, -0.05) is 15.9 Å². The van der Waals surface area contributed by atoms with Gasteiger partial charge in [-0.25, -0.2) is 14.4 Å². The van der Waals surface area contributed by atoms with Crippen LogP contribution in [0.3, 0.4) is 0 Å². The third-order valence-corrected chi connectivity index (χ3v) is 4.37. The standard InChI is InChI=1S/C18H15BrFN3O/c1-10-6-11(19)7-15-17(10)18(22-9-21-15)23-14-5-2-12(20)8-16(14)24-13-3-4-13/h2,5-9,13H,3-4H2,1H3,(H,21,22,23). The van der Waals surface area contributed by atoms with Gasteiger partial charge in [-0.3, -0.25) is 0 Å². The van der Waals surface area contributed by atoms with Crippen LogP contribution in [0.4, 0.5) is 15.9 Å². The maximum Gasteiger partial charge on any atom is 0.146 e. The van der Waals surface area contributed by atoms with Crippen LogP contribution >= 0.6 is 15.9 Å². The summed E-state index contributed by atoms with van der Waals surface area (Å²) in [6, 6.07) is 8.46. The summed E-state index contributed by atoms with van der Waals surface area (Å²) in [6.07, 6.45) is 3.73. The number of aryl methyl sites for hydroxylation is 1. The Labute approximate surface area is 147 Å². The molecule has 0 saturated heterocycles. The number of benzene rings is 2. The number of rotatable bonds is 4. The van der Waals surface area contributed by atoms with E-state index in [1.54, 1.807) is 6.07 Å². The fourth-order valence-corrected chi connectivity index (χ4v) is 3.19. The smallest absolute Gasteiger partial charge is 0.146 e. The molecule has 0 atom stereocenters. The predicted molar refractivity (Wildman–Crippen MR) is 95.3 cm³/mol. The van der Waals surface area contributed by atoms with Crippen LogP contribution in [0.1, 0.15) is 18.4 Å². The van der Waals surface area contributed by atoms with E-state index in [0.717, 1.165) is 33.8 Å². The van der Waals surface area contributed by atoms with Crippen molar-refractivity contribution in [2.24, 2.45) is 0 Å². The number of fused-ring (bicyclic) bond motifs is 1. The molecule has 4 nitrogen and oxygen atoms in total. The minimum atomic E-state index is -0.316. The van der Waals surface area contributed by atoms with Crippen molar-refractivity contribution in [3.63, 3.8) is 0 Å². The summed E-state index contributed by atoms with van der Waals surface area (Å²) in [5, 5.41) is 4.21. The first-order chi connectivity index (χ1) is 11.6. The number of halogens is 2. The van der Waals surface area contributed by atoms with E-state index in [1.807, 2.05) is 19.1 Å².